The maximum Gasteiger partial charge on any atom is 0.411 e. The first-order valence-electron chi connectivity index (χ1n) is 6.80. The molecule has 2 rings (SSSR count). The molecule has 1 aromatic heterocycles. The number of aliphatic imine (C=N–C) groups is 1. The van der Waals surface area contributed by atoms with E-state index in [0.717, 1.165) is 5.56 Å². The van der Waals surface area contributed by atoms with Crippen LogP contribution in [0.1, 0.15) is 33.3 Å². The minimum atomic E-state index is -0.583. The predicted octanol–water partition coefficient (Wildman–Crippen LogP) is 1.50. The monoisotopic (exact) mass is 304 g/mol. The van der Waals surface area contributed by atoms with E-state index in [9.17, 15) is 4.79 Å². The zero-order chi connectivity index (χ0) is 16.5. The lowest BCUT2D eigenvalue weighted by atomic mass is 10.2. The molecule has 8 nitrogen and oxygen atoms in total. The zero-order valence-electron chi connectivity index (χ0n) is 13.3. The molecule has 1 aromatic rings. The Labute approximate surface area is 128 Å². The molecule has 0 atom stereocenters. The number of allylic oxidation sites excluding steroid dienone is 1. The molecule has 22 heavy (non-hydrogen) atoms. The summed E-state index contributed by atoms with van der Waals surface area (Å²) in [6.07, 6.45) is 2.87. The van der Waals surface area contributed by atoms with Gasteiger partial charge in [0.25, 0.3) is 0 Å². The van der Waals surface area contributed by atoms with Crippen LogP contribution in [0.5, 0.6) is 0 Å². The Morgan fingerprint density at radius 3 is 2.68 bits per heavy atom. The van der Waals surface area contributed by atoms with Crippen molar-refractivity contribution in [3.05, 3.63) is 29.4 Å². The number of amidine groups is 2. The van der Waals surface area contributed by atoms with Crippen molar-refractivity contribution < 1.29 is 9.53 Å². The van der Waals surface area contributed by atoms with Gasteiger partial charge in [-0.2, -0.15) is 5.10 Å². The van der Waals surface area contributed by atoms with Gasteiger partial charge in [0, 0.05) is 18.9 Å². The maximum atomic E-state index is 11.8. The van der Waals surface area contributed by atoms with Crippen molar-refractivity contribution >= 4 is 17.8 Å². The van der Waals surface area contributed by atoms with E-state index in [1.165, 1.54) is 0 Å². The lowest BCUT2D eigenvalue weighted by Gasteiger charge is -2.20. The van der Waals surface area contributed by atoms with Crippen LogP contribution in [0.3, 0.4) is 0 Å². The quantitative estimate of drug-likeness (QED) is 0.770. The van der Waals surface area contributed by atoms with E-state index in [0.29, 0.717) is 17.2 Å². The van der Waals surface area contributed by atoms with Gasteiger partial charge in [-0.05, 0) is 27.7 Å². The molecule has 0 saturated heterocycles. The third-order valence-corrected chi connectivity index (χ3v) is 2.73. The van der Waals surface area contributed by atoms with Gasteiger partial charge in [0.15, 0.2) is 5.84 Å². The van der Waals surface area contributed by atoms with Gasteiger partial charge in [-0.15, -0.1) is 0 Å². The average Bonchev–Trinajstić information content (AvgIpc) is 2.92. The Morgan fingerprint density at radius 1 is 1.45 bits per heavy atom. The fraction of sp³-hybridized carbons (Fsp3) is 0.429. The highest BCUT2D eigenvalue weighted by Crippen LogP contribution is 2.14. The molecule has 1 aliphatic heterocycles. The van der Waals surface area contributed by atoms with Gasteiger partial charge >= 0.3 is 6.09 Å². The predicted molar refractivity (Wildman–Crippen MR) is 82.7 cm³/mol. The molecular formula is C14H20N6O2. The Hall–Kier alpha value is -2.64. The molecule has 0 unspecified atom stereocenters. The number of alkyl carbamates (subject to hydrolysis) is 1. The molecule has 118 valence electrons. The summed E-state index contributed by atoms with van der Waals surface area (Å²) in [6, 6.07) is 0. The third-order valence-electron chi connectivity index (χ3n) is 2.73. The van der Waals surface area contributed by atoms with Crippen LogP contribution < -0.4 is 10.6 Å². The van der Waals surface area contributed by atoms with Crippen LogP contribution in [0, 0.1) is 5.41 Å². The normalized spacial score (nSPS) is 17.0. The van der Waals surface area contributed by atoms with E-state index in [-0.39, 0.29) is 5.84 Å². The van der Waals surface area contributed by atoms with E-state index >= 15 is 0 Å². The molecule has 3 N–H and O–H groups in total. The summed E-state index contributed by atoms with van der Waals surface area (Å²) in [7, 11) is 1.80. The molecular weight excluding hydrogens is 284 g/mol. The Bertz CT molecular complexity index is 678. The summed E-state index contributed by atoms with van der Waals surface area (Å²) >= 11 is 0. The van der Waals surface area contributed by atoms with Crippen LogP contribution in [0.25, 0.3) is 0 Å². The van der Waals surface area contributed by atoms with Crippen molar-refractivity contribution in [3.8, 4) is 0 Å². The van der Waals surface area contributed by atoms with Crippen LogP contribution >= 0.6 is 0 Å². The summed E-state index contributed by atoms with van der Waals surface area (Å²) in [5.74, 6) is 0.644. The number of rotatable bonds is 2. The second-order valence-corrected chi connectivity index (χ2v) is 5.96. The number of ether oxygens (including phenoxy) is 1. The van der Waals surface area contributed by atoms with Crippen molar-refractivity contribution in [1.82, 2.24) is 20.4 Å². The highest BCUT2D eigenvalue weighted by molar-refractivity contribution is 6.19. The largest absolute Gasteiger partial charge is 0.444 e. The van der Waals surface area contributed by atoms with Crippen LogP contribution in [0.15, 0.2) is 28.8 Å². The Morgan fingerprint density at radius 2 is 2.14 bits per heavy atom. The molecule has 0 spiro atoms. The van der Waals surface area contributed by atoms with Crippen LogP contribution in [0.2, 0.25) is 0 Å². The summed E-state index contributed by atoms with van der Waals surface area (Å²) in [5, 5.41) is 17.5. The van der Waals surface area contributed by atoms with E-state index in [2.05, 4.69) is 20.7 Å². The molecule has 0 aliphatic carbocycles. The van der Waals surface area contributed by atoms with Crippen molar-refractivity contribution in [3.63, 3.8) is 0 Å². The zero-order valence-corrected chi connectivity index (χ0v) is 13.3. The minimum absolute atomic E-state index is 0.118. The SMILES string of the molecule is C/C(NC(=O)OC(C)(C)C)=C1/N=C(c2cnn(C)c2)NC1=N. The summed E-state index contributed by atoms with van der Waals surface area (Å²) < 4.78 is 6.83. The summed E-state index contributed by atoms with van der Waals surface area (Å²) in [5.41, 5.74) is 1.00. The van der Waals surface area contributed by atoms with Crippen LogP contribution in [-0.2, 0) is 11.8 Å². The average molecular weight is 304 g/mol. The van der Waals surface area contributed by atoms with Crippen LogP contribution in [0.4, 0.5) is 4.79 Å². The van der Waals surface area contributed by atoms with Gasteiger partial charge in [-0.1, -0.05) is 0 Å². The number of aryl methyl sites for hydroxylation is 1. The number of carbonyl (C=O) groups excluding carboxylic acids is 1. The molecule has 0 fully saturated rings. The lowest BCUT2D eigenvalue weighted by Crippen LogP contribution is -2.32. The number of aromatic nitrogens is 2. The van der Waals surface area contributed by atoms with Gasteiger partial charge in [-0.25, -0.2) is 9.79 Å². The first kappa shape index (κ1) is 15.7. The highest BCUT2D eigenvalue weighted by Gasteiger charge is 2.23. The third kappa shape index (κ3) is 3.72. The van der Waals surface area contributed by atoms with E-state index in [1.807, 2.05) is 0 Å². The number of hydrogen-bond donors (Lipinski definition) is 3. The Kier molecular flexibility index (Phi) is 4.03. The van der Waals surface area contributed by atoms with Crippen molar-refractivity contribution in [2.24, 2.45) is 12.0 Å². The molecule has 2 heterocycles. The summed E-state index contributed by atoms with van der Waals surface area (Å²) in [4.78, 5) is 16.1. The highest BCUT2D eigenvalue weighted by atomic mass is 16.6. The van der Waals surface area contributed by atoms with Gasteiger partial charge in [0.2, 0.25) is 0 Å². The van der Waals surface area contributed by atoms with Gasteiger partial charge in [-0.3, -0.25) is 15.4 Å². The first-order valence-corrected chi connectivity index (χ1v) is 6.80. The van der Waals surface area contributed by atoms with Crippen LogP contribution in [-0.4, -0.2) is 33.1 Å². The first-order chi connectivity index (χ1) is 10.2. The second kappa shape index (κ2) is 5.63. The fourth-order valence-electron chi connectivity index (χ4n) is 1.84. The topological polar surface area (TPSA) is 104 Å². The molecule has 1 amide bonds. The van der Waals surface area contributed by atoms with Crippen molar-refractivity contribution in [2.75, 3.05) is 0 Å². The lowest BCUT2D eigenvalue weighted by molar-refractivity contribution is 0.0546. The van der Waals surface area contributed by atoms with E-state index < -0.39 is 11.7 Å². The molecule has 1 aliphatic rings. The Balaban J connectivity index is 2.17. The second-order valence-electron chi connectivity index (χ2n) is 5.96. The van der Waals surface area contributed by atoms with Gasteiger partial charge in [0.1, 0.15) is 17.1 Å². The fourth-order valence-corrected chi connectivity index (χ4v) is 1.84. The van der Waals surface area contributed by atoms with Gasteiger partial charge < -0.3 is 10.1 Å². The van der Waals surface area contributed by atoms with E-state index in [1.54, 1.807) is 51.8 Å². The van der Waals surface area contributed by atoms with Crippen molar-refractivity contribution in [1.29, 1.82) is 5.41 Å². The van der Waals surface area contributed by atoms with Gasteiger partial charge in [0.05, 0.1) is 11.8 Å². The van der Waals surface area contributed by atoms with E-state index in [4.69, 9.17) is 10.1 Å². The molecule has 0 saturated carbocycles. The summed E-state index contributed by atoms with van der Waals surface area (Å²) in [6.45, 7) is 7.03. The van der Waals surface area contributed by atoms with Crippen molar-refractivity contribution in [2.45, 2.75) is 33.3 Å². The molecule has 0 radical (unpaired) electrons. The molecule has 0 bridgehead atoms. The molecule has 0 aromatic carbocycles. The maximum absolute atomic E-state index is 11.8. The number of nitrogens with zero attached hydrogens (tertiary/aromatic N) is 3. The molecule has 8 heteroatoms. The smallest absolute Gasteiger partial charge is 0.411 e. The number of amides is 1. The minimum Gasteiger partial charge on any atom is -0.444 e. The number of carbonyl (C=O) groups is 1. The number of hydrogen-bond acceptors (Lipinski definition) is 5. The number of nitrogens with one attached hydrogen (secondary N) is 3. The standard InChI is InChI=1S/C14H20N6O2/c1-8(17-13(21)22-14(2,3)4)10-11(15)19-12(18-10)9-6-16-20(5)7-9/h6-7H,1-5H3,(H,17,21)(H2,15,18,19)/b10-8-.